The maximum absolute atomic E-state index is 13.6. The fourth-order valence-electron chi connectivity index (χ4n) is 12.0. The van der Waals surface area contributed by atoms with Crippen molar-refractivity contribution in [3.8, 4) is 57.5 Å². The highest BCUT2D eigenvalue weighted by molar-refractivity contribution is 14.1. The summed E-state index contributed by atoms with van der Waals surface area (Å²) in [6.07, 6.45) is -18.4. The third kappa shape index (κ3) is 40.1. The van der Waals surface area contributed by atoms with Crippen LogP contribution in [0.4, 0.5) is 62.1 Å². The molecule has 0 fully saturated rings. The number of hydrogen-bond acceptors (Lipinski definition) is 29. The summed E-state index contributed by atoms with van der Waals surface area (Å²) in [6.45, 7) is 4.39. The van der Waals surface area contributed by atoms with Gasteiger partial charge in [0.05, 0.1) is 45.3 Å². The lowest BCUT2D eigenvalue weighted by Crippen LogP contribution is -2.30. The van der Waals surface area contributed by atoms with Gasteiger partial charge in [0.2, 0.25) is 0 Å². The Morgan fingerprint density at radius 3 is 1.09 bits per heavy atom. The molecular formula is C94H86F13IN14O19S5. The van der Waals surface area contributed by atoms with Gasteiger partial charge in [-0.15, -0.1) is 98.5 Å². The number of nitrogens with one attached hydrogen (secondary N) is 8. The molecule has 8 aromatic carbocycles. The first kappa shape index (κ1) is 113. The summed E-state index contributed by atoms with van der Waals surface area (Å²) in [4.78, 5) is 129. The molecule has 12 aromatic rings. The number of thiazole rings is 4. The molecule has 10 N–H and O–H groups in total. The predicted molar refractivity (Wildman–Crippen MR) is 518 cm³/mol. The monoisotopic (exact) mass is 2250 g/mol. The van der Waals surface area contributed by atoms with Gasteiger partial charge in [-0.2, -0.15) is 0 Å². The number of aromatic nitrogens is 4. The van der Waals surface area contributed by atoms with E-state index >= 15 is 0 Å². The fraction of sp³-hybridized carbons (Fsp3) is 0.245. The van der Waals surface area contributed by atoms with Gasteiger partial charge >= 0.3 is 25.4 Å². The molecule has 0 saturated heterocycles. The van der Waals surface area contributed by atoms with Gasteiger partial charge in [0.25, 0.3) is 53.2 Å². The van der Waals surface area contributed by atoms with Crippen LogP contribution in [-0.4, -0.2) is 157 Å². The SMILES string of the molecule is CCOc1ccccc1CCNC(=O)c1csc(CNC(=O)COc2ccc(OC(F)(F)F)cc2)n1.CCOc1ccccc1CNC(=O)c1csc(CNC(=O)COc2ccc(OC(F)(F)F)cc2)n1.NC(=O)C1=CSCN1c1sc(CNC(=O)COc2ccc(OC(F)(F)F)cc2)nc1C(=O)NCc1ccccc1OC(F)(F)F.O=C(COc1ccc(I)cc1)NCc1nc(C(=O)NCCc2ccccc2F)cs1. The van der Waals surface area contributed by atoms with Crippen molar-refractivity contribution in [2.45, 2.75) is 91.4 Å². The van der Waals surface area contributed by atoms with Crippen LogP contribution in [0.15, 0.2) is 221 Å². The zero-order valence-electron chi connectivity index (χ0n) is 76.2. The number of nitrogens with zero attached hydrogens (tertiary/aromatic N) is 5. The molecule has 52 heteroatoms. The molecule has 1 aliphatic heterocycles. The molecule has 146 heavy (non-hydrogen) atoms. The standard InChI is InChI=1S/C26H21F6N5O6S2.C24H24F3N3O5S.C23H22F3N3O5S.C21H19FIN3O3S/c27-25(28,29)42-16-7-5-15(6-8-16)41-11-19(38)34-10-20-36-21(24(45-20)37-13-44-12-17(37)22(33)39)23(40)35-9-14-3-1-2-4-18(14)43-26(30,31)32;1-2-33-20-6-4-3-5-16(20)11-12-28-23(32)19-15-36-22(30-19)13-29-21(31)14-34-17-7-9-18(10-8-17)35-24(25,26)27;1-2-32-19-6-4-3-5-15(19)11-28-22(31)18-14-35-21(29-18)12-27-20(30)13-33-16-7-9-17(10-8-16)34-23(24,25)26;22-17-4-2-1-3-14(17)9-10-24-21(28)18-13-30-20(26-18)11-25-19(27)12-29-16-7-5-15(23)6-8-16/h1-8,12H,9-11,13H2,(H2,33,39)(H,34,38)(H,35,40);3-10,15H,2,11-14H2,1H3,(H,28,32)(H,29,31);3-10,14H,2,11-13H2,1H3,(H,27,30)(H,28,31);1-8,13H,9-12H2,(H,24,28)(H,25,27). The smallest absolute Gasteiger partial charge is 0.494 e. The largest absolute Gasteiger partial charge is 0.573 e. The van der Waals surface area contributed by atoms with Gasteiger partial charge in [0, 0.05) is 62.4 Å². The van der Waals surface area contributed by atoms with Gasteiger partial charge in [-0.05, 0) is 182 Å². The van der Waals surface area contributed by atoms with Gasteiger partial charge in [-0.25, -0.2) is 24.3 Å². The number of amides is 9. The van der Waals surface area contributed by atoms with Crippen LogP contribution in [0, 0.1) is 9.39 Å². The second-order valence-electron chi connectivity index (χ2n) is 29.2. The second kappa shape index (κ2) is 55.9. The Kier molecular flexibility index (Phi) is 43.3. The highest BCUT2D eigenvalue weighted by Gasteiger charge is 2.36. The van der Waals surface area contributed by atoms with E-state index in [1.807, 2.05) is 74.5 Å². The normalized spacial score (nSPS) is 11.6. The quantitative estimate of drug-likeness (QED) is 0.0126. The lowest BCUT2D eigenvalue weighted by molar-refractivity contribution is -0.275. The molecule has 1 aliphatic rings. The summed E-state index contributed by atoms with van der Waals surface area (Å²) >= 11 is 8.10. The van der Waals surface area contributed by atoms with Crippen LogP contribution >= 0.6 is 79.7 Å². The number of anilines is 1. The van der Waals surface area contributed by atoms with Crippen molar-refractivity contribution in [3.05, 3.63) is 296 Å². The summed E-state index contributed by atoms with van der Waals surface area (Å²) in [5.74, 6) is -3.64. The molecule has 4 aromatic heterocycles. The fourth-order valence-corrected chi connectivity index (χ4v) is 16.5. The molecule has 0 bridgehead atoms. The van der Waals surface area contributed by atoms with Gasteiger partial charge in [-0.1, -0.05) is 84.1 Å². The highest BCUT2D eigenvalue weighted by Crippen LogP contribution is 2.38. The van der Waals surface area contributed by atoms with E-state index in [1.165, 1.54) is 117 Å². The average molecular weight is 2250 g/mol. The summed E-state index contributed by atoms with van der Waals surface area (Å²) in [5.41, 5.74) is 8.53. The van der Waals surface area contributed by atoms with Gasteiger partial charge in [0.1, 0.15) is 111 Å². The zero-order valence-corrected chi connectivity index (χ0v) is 82.4. The maximum atomic E-state index is 13.6. The van der Waals surface area contributed by atoms with E-state index in [4.69, 9.17) is 34.2 Å². The number of rotatable bonds is 44. The van der Waals surface area contributed by atoms with Crippen molar-refractivity contribution in [1.29, 1.82) is 0 Å². The van der Waals surface area contributed by atoms with E-state index in [0.29, 0.717) is 71.2 Å². The minimum Gasteiger partial charge on any atom is -0.494 e. The summed E-state index contributed by atoms with van der Waals surface area (Å²) in [7, 11) is 0. The van der Waals surface area contributed by atoms with Crippen molar-refractivity contribution in [3.63, 3.8) is 0 Å². The Labute approximate surface area is 856 Å². The first-order valence-corrected chi connectivity index (χ1v) is 48.5. The maximum Gasteiger partial charge on any atom is 0.573 e. The number of thioether (sulfide) groups is 1. The summed E-state index contributed by atoms with van der Waals surface area (Å²) in [5, 5.41) is 29.7. The Morgan fingerprint density at radius 2 is 0.699 bits per heavy atom. The molecule has 13 rings (SSSR count). The number of hydrogen-bond donors (Lipinski definition) is 9. The number of halogens is 14. The molecule has 0 spiro atoms. The van der Waals surface area contributed by atoms with Crippen LogP contribution < -0.4 is 101 Å². The Bertz CT molecular complexity index is 6390. The highest BCUT2D eigenvalue weighted by atomic mass is 127. The second-order valence-corrected chi connectivity index (χ2v) is 35.2. The van der Waals surface area contributed by atoms with Gasteiger partial charge in [0.15, 0.2) is 32.1 Å². The van der Waals surface area contributed by atoms with Crippen LogP contribution in [0.1, 0.15) is 98.1 Å². The summed E-state index contributed by atoms with van der Waals surface area (Å²) in [6, 6.07) is 47.9. The van der Waals surface area contributed by atoms with E-state index < -0.39 is 84.6 Å². The zero-order chi connectivity index (χ0) is 105. The first-order valence-electron chi connectivity index (χ1n) is 42.9. The van der Waals surface area contributed by atoms with Gasteiger partial charge in [-0.3, -0.25) is 43.2 Å². The number of nitrogens with two attached hydrogens (primary N) is 1. The van der Waals surface area contributed by atoms with Crippen molar-refractivity contribution in [2.24, 2.45) is 5.73 Å². The number of carbonyl (C=O) groups is 9. The minimum atomic E-state index is -4.95. The minimum absolute atomic E-state index is 0.0319. The van der Waals surface area contributed by atoms with Crippen molar-refractivity contribution < 1.29 is 148 Å². The van der Waals surface area contributed by atoms with Crippen molar-refractivity contribution >= 4 is 138 Å². The number of alkyl halides is 12. The number of ether oxygens (including phenoxy) is 10. The molecule has 9 amide bonds. The topological polar surface area (TPSA) is 423 Å². The molecule has 0 saturated carbocycles. The van der Waals surface area contributed by atoms with Crippen molar-refractivity contribution in [1.82, 2.24) is 62.5 Å². The molecule has 33 nitrogen and oxygen atoms in total. The Hall–Kier alpha value is -14.8. The third-order valence-electron chi connectivity index (χ3n) is 18.6. The van der Waals surface area contributed by atoms with Crippen molar-refractivity contribution in [2.75, 3.05) is 63.5 Å². The van der Waals surface area contributed by atoms with Crippen LogP contribution in [0.3, 0.4) is 0 Å². The molecule has 774 valence electrons. The van der Waals surface area contributed by atoms with Crippen LogP contribution in [0.2, 0.25) is 0 Å². The molecule has 0 radical (unpaired) electrons. The Balaban J connectivity index is 0.000000201. The van der Waals surface area contributed by atoms with E-state index in [-0.39, 0.29) is 156 Å². The first-order chi connectivity index (χ1) is 69.7. The lowest BCUT2D eigenvalue weighted by Gasteiger charge is -2.18. The van der Waals surface area contributed by atoms with Gasteiger partial charge < -0.3 is 101 Å². The number of benzene rings is 8. The third-order valence-corrected chi connectivity index (χ3v) is 23.7. The molecule has 0 atom stereocenters. The molecule has 0 unspecified atom stereocenters. The van der Waals surface area contributed by atoms with E-state index in [0.717, 1.165) is 74.2 Å². The number of carbonyl (C=O) groups excluding carboxylic acids is 9. The number of primary amides is 1. The molecule has 5 heterocycles. The van der Waals surface area contributed by atoms with Crippen LogP contribution in [0.25, 0.3) is 0 Å². The van der Waals surface area contributed by atoms with Crippen LogP contribution in [-0.2, 0) is 76.1 Å². The predicted octanol–water partition coefficient (Wildman–Crippen LogP) is 16.1. The Morgan fingerprint density at radius 1 is 0.370 bits per heavy atom. The van der Waals surface area contributed by atoms with E-state index in [2.05, 4.69) is 104 Å². The van der Waals surface area contributed by atoms with Crippen LogP contribution in [0.5, 0.6) is 57.5 Å². The average Bonchev–Trinajstić information content (AvgIpc) is 1.64. The lowest BCUT2D eigenvalue weighted by atomic mass is 10.1. The molecular weight excluding hydrogens is 2160 g/mol. The summed E-state index contributed by atoms with van der Waals surface area (Å²) < 4.78 is 211. The molecule has 0 aliphatic carbocycles. The van der Waals surface area contributed by atoms with E-state index in [9.17, 15) is 100 Å². The van der Waals surface area contributed by atoms with E-state index in [1.54, 1.807) is 46.5 Å². The number of para-hydroxylation sites is 3.